The lowest BCUT2D eigenvalue weighted by Gasteiger charge is -2.18. The summed E-state index contributed by atoms with van der Waals surface area (Å²) in [6.45, 7) is 0.0425. The Hall–Kier alpha value is -4.11. The van der Waals surface area contributed by atoms with Gasteiger partial charge in [0.05, 0.1) is 18.7 Å². The van der Waals surface area contributed by atoms with Crippen LogP contribution in [0.15, 0.2) is 35.4 Å². The number of benzene rings is 2. The van der Waals surface area contributed by atoms with Crippen molar-refractivity contribution in [1.29, 1.82) is 0 Å². The van der Waals surface area contributed by atoms with E-state index in [2.05, 4.69) is 10.0 Å². The Morgan fingerprint density at radius 1 is 1.17 bits per heavy atom. The normalized spacial score (nSPS) is 10.1. The van der Waals surface area contributed by atoms with Crippen molar-refractivity contribution >= 4 is 11.9 Å². The van der Waals surface area contributed by atoms with Crippen molar-refractivity contribution in [3.63, 3.8) is 0 Å². The average Bonchev–Trinajstić information content (AvgIpc) is 2.69. The van der Waals surface area contributed by atoms with E-state index in [0.717, 1.165) is 12.1 Å². The van der Waals surface area contributed by atoms with Gasteiger partial charge in [-0.25, -0.2) is 4.79 Å². The summed E-state index contributed by atoms with van der Waals surface area (Å²) in [7, 11) is 1.48. The van der Waals surface area contributed by atoms with Crippen LogP contribution in [0.5, 0.6) is 23.0 Å². The fourth-order valence-corrected chi connectivity index (χ4v) is 2.46. The standard InChI is InChI=1S/C18H18N4O7/c1-22(17(26)10-7-14(23)16(25)15(24)8-10)4-5-29-12-2-3-13(18(27)28)11(6-12)9-20-21-19/h2-3,6-8,23-25H,4-5,9H2,1H3,(H,27,28). The maximum atomic E-state index is 12.3. The highest BCUT2D eigenvalue weighted by Gasteiger charge is 2.17. The molecule has 2 aromatic rings. The summed E-state index contributed by atoms with van der Waals surface area (Å²) in [5.41, 5.74) is 8.67. The summed E-state index contributed by atoms with van der Waals surface area (Å²) in [6, 6.07) is 6.27. The molecule has 2 rings (SSSR count). The number of aromatic carboxylic acids is 1. The van der Waals surface area contributed by atoms with Gasteiger partial charge in [0, 0.05) is 17.5 Å². The van der Waals surface area contributed by atoms with E-state index in [4.69, 9.17) is 15.4 Å². The highest BCUT2D eigenvalue weighted by atomic mass is 16.5. The number of hydrogen-bond acceptors (Lipinski definition) is 7. The average molecular weight is 402 g/mol. The molecule has 1 amide bonds. The van der Waals surface area contributed by atoms with E-state index in [1.807, 2.05) is 0 Å². The van der Waals surface area contributed by atoms with Crippen LogP contribution in [-0.2, 0) is 6.54 Å². The minimum atomic E-state index is -1.16. The first-order valence-corrected chi connectivity index (χ1v) is 8.25. The van der Waals surface area contributed by atoms with Crippen molar-refractivity contribution in [2.45, 2.75) is 6.54 Å². The van der Waals surface area contributed by atoms with Gasteiger partial charge >= 0.3 is 5.97 Å². The molecule has 4 N–H and O–H groups in total. The number of amides is 1. The molecule has 29 heavy (non-hydrogen) atoms. The van der Waals surface area contributed by atoms with E-state index in [1.165, 1.54) is 30.1 Å². The van der Waals surface area contributed by atoms with Gasteiger partial charge in [-0.2, -0.15) is 0 Å². The summed E-state index contributed by atoms with van der Waals surface area (Å²) < 4.78 is 5.52. The fraction of sp³-hybridized carbons (Fsp3) is 0.222. The van der Waals surface area contributed by atoms with Crippen LogP contribution in [-0.4, -0.2) is 57.4 Å². The second kappa shape index (κ2) is 9.20. The SMILES string of the molecule is CN(CCOc1ccc(C(=O)O)c(CN=[N+]=[N-])c1)C(=O)c1cc(O)c(O)c(O)c1. The van der Waals surface area contributed by atoms with E-state index in [0.29, 0.717) is 5.75 Å². The van der Waals surface area contributed by atoms with Gasteiger partial charge in [0.15, 0.2) is 17.2 Å². The second-order valence-electron chi connectivity index (χ2n) is 5.95. The summed E-state index contributed by atoms with van der Waals surface area (Å²) >= 11 is 0. The first-order chi connectivity index (χ1) is 13.7. The van der Waals surface area contributed by atoms with Crippen LogP contribution in [0, 0.1) is 0 Å². The molecule has 0 radical (unpaired) electrons. The summed E-state index contributed by atoms with van der Waals surface area (Å²) in [4.78, 5) is 27.4. The number of azide groups is 1. The topological polar surface area (TPSA) is 176 Å². The van der Waals surface area contributed by atoms with Crippen molar-refractivity contribution in [2.24, 2.45) is 5.11 Å². The number of phenolic OH excluding ortho intramolecular Hbond substituents is 3. The predicted octanol–water partition coefficient (Wildman–Crippen LogP) is 2.46. The Balaban J connectivity index is 2.02. The minimum Gasteiger partial charge on any atom is -0.504 e. The van der Waals surface area contributed by atoms with E-state index in [1.54, 1.807) is 0 Å². The molecule has 0 atom stereocenters. The van der Waals surface area contributed by atoms with Crippen molar-refractivity contribution < 1.29 is 34.8 Å². The van der Waals surface area contributed by atoms with Crippen LogP contribution in [0.25, 0.3) is 10.4 Å². The first-order valence-electron chi connectivity index (χ1n) is 8.25. The zero-order valence-corrected chi connectivity index (χ0v) is 15.3. The maximum Gasteiger partial charge on any atom is 0.335 e. The zero-order valence-electron chi connectivity index (χ0n) is 15.3. The van der Waals surface area contributed by atoms with Gasteiger partial charge in [-0.15, -0.1) is 0 Å². The van der Waals surface area contributed by atoms with Crippen LogP contribution < -0.4 is 4.74 Å². The highest BCUT2D eigenvalue weighted by Crippen LogP contribution is 2.35. The third-order valence-electron chi connectivity index (χ3n) is 3.97. The third-order valence-corrected chi connectivity index (χ3v) is 3.97. The van der Waals surface area contributed by atoms with Crippen molar-refractivity contribution in [3.8, 4) is 23.0 Å². The molecule has 0 aliphatic heterocycles. The molecular weight excluding hydrogens is 384 g/mol. The Bertz CT molecular complexity index is 963. The molecule has 11 nitrogen and oxygen atoms in total. The molecule has 0 aliphatic carbocycles. The smallest absolute Gasteiger partial charge is 0.335 e. The number of nitrogens with zero attached hydrogens (tertiary/aromatic N) is 4. The minimum absolute atomic E-state index is 0.0102. The lowest BCUT2D eigenvalue weighted by Crippen LogP contribution is -2.30. The van der Waals surface area contributed by atoms with Crippen LogP contribution in [0.4, 0.5) is 0 Å². The van der Waals surface area contributed by atoms with Gasteiger partial charge in [0.25, 0.3) is 5.91 Å². The lowest BCUT2D eigenvalue weighted by atomic mass is 10.1. The molecular formula is C18H18N4O7. The molecule has 11 heteroatoms. The van der Waals surface area contributed by atoms with E-state index < -0.39 is 29.1 Å². The number of ether oxygens (including phenoxy) is 1. The third kappa shape index (κ3) is 5.21. The van der Waals surface area contributed by atoms with Crippen molar-refractivity contribution in [3.05, 3.63) is 57.5 Å². The zero-order chi connectivity index (χ0) is 21.6. The first kappa shape index (κ1) is 21.2. The van der Waals surface area contributed by atoms with Gasteiger partial charge < -0.3 is 30.1 Å². The Labute approximate surface area is 164 Å². The summed E-state index contributed by atoms with van der Waals surface area (Å²) in [5.74, 6) is -3.31. The Morgan fingerprint density at radius 2 is 1.83 bits per heavy atom. The molecule has 0 saturated heterocycles. The van der Waals surface area contributed by atoms with Crippen LogP contribution in [0.3, 0.4) is 0 Å². The quantitative estimate of drug-likeness (QED) is 0.227. The number of rotatable bonds is 8. The Kier molecular flexibility index (Phi) is 6.72. The molecule has 0 spiro atoms. The number of carboxylic acid groups (broad SMARTS) is 1. The number of likely N-dealkylation sites (N-methyl/N-ethyl adjacent to an activating group) is 1. The number of carbonyl (C=O) groups is 2. The van der Waals surface area contributed by atoms with Crippen LogP contribution >= 0.6 is 0 Å². The molecule has 0 aromatic heterocycles. The monoisotopic (exact) mass is 402 g/mol. The number of phenols is 3. The number of hydrogen-bond donors (Lipinski definition) is 4. The molecule has 0 fully saturated rings. The molecule has 0 bridgehead atoms. The van der Waals surface area contributed by atoms with Gasteiger partial charge in [0.1, 0.15) is 12.4 Å². The maximum absolute atomic E-state index is 12.3. The Morgan fingerprint density at radius 3 is 2.41 bits per heavy atom. The molecule has 0 unspecified atom stereocenters. The van der Waals surface area contributed by atoms with Crippen molar-refractivity contribution in [1.82, 2.24) is 4.90 Å². The van der Waals surface area contributed by atoms with E-state index >= 15 is 0 Å². The summed E-state index contributed by atoms with van der Waals surface area (Å²) in [6.07, 6.45) is 0. The number of carboxylic acids is 1. The predicted molar refractivity (Wildman–Crippen MR) is 100 cm³/mol. The largest absolute Gasteiger partial charge is 0.504 e. The molecule has 0 saturated carbocycles. The second-order valence-corrected chi connectivity index (χ2v) is 5.95. The molecule has 0 heterocycles. The molecule has 152 valence electrons. The number of carbonyl (C=O) groups excluding carboxylic acids is 1. The number of aromatic hydroxyl groups is 3. The summed E-state index contributed by atoms with van der Waals surface area (Å²) in [5, 5.41) is 40.9. The fourth-order valence-electron chi connectivity index (χ4n) is 2.46. The molecule has 0 aliphatic rings. The van der Waals surface area contributed by atoms with E-state index in [9.17, 15) is 24.9 Å². The van der Waals surface area contributed by atoms with Gasteiger partial charge in [-0.1, -0.05) is 5.11 Å². The lowest BCUT2D eigenvalue weighted by molar-refractivity contribution is 0.0694. The van der Waals surface area contributed by atoms with Gasteiger partial charge in [-0.05, 0) is 41.4 Å². The molecule has 2 aromatic carbocycles. The highest BCUT2D eigenvalue weighted by molar-refractivity contribution is 5.95. The van der Waals surface area contributed by atoms with E-state index in [-0.39, 0.29) is 36.4 Å². The van der Waals surface area contributed by atoms with Gasteiger partial charge in [-0.3, -0.25) is 4.79 Å². The van der Waals surface area contributed by atoms with Crippen LogP contribution in [0.1, 0.15) is 26.3 Å². The van der Waals surface area contributed by atoms with Crippen molar-refractivity contribution in [2.75, 3.05) is 20.2 Å². The van der Waals surface area contributed by atoms with Gasteiger partial charge in [0.2, 0.25) is 0 Å². The van der Waals surface area contributed by atoms with Crippen LogP contribution in [0.2, 0.25) is 0 Å².